The highest BCUT2D eigenvalue weighted by molar-refractivity contribution is 9.10. The summed E-state index contributed by atoms with van der Waals surface area (Å²) in [6.45, 7) is 10.3. The predicted molar refractivity (Wildman–Crippen MR) is 68.5 cm³/mol. The lowest BCUT2D eigenvalue weighted by Gasteiger charge is -2.04. The summed E-state index contributed by atoms with van der Waals surface area (Å²) in [5, 5.41) is 4.45. The molecule has 0 unspecified atom stereocenters. The predicted octanol–water partition coefficient (Wildman–Crippen LogP) is 2.92. The molecule has 0 aliphatic rings. The van der Waals surface area contributed by atoms with Crippen LogP contribution in [0.15, 0.2) is 16.6 Å². The molecule has 0 atom stereocenters. The van der Waals surface area contributed by atoms with Gasteiger partial charge < -0.3 is 0 Å². The van der Waals surface area contributed by atoms with Crippen LogP contribution in [-0.4, -0.2) is 15.6 Å². The topological polar surface area (TPSA) is 34.9 Å². The van der Waals surface area contributed by atoms with Gasteiger partial charge in [0.15, 0.2) is 5.78 Å². The van der Waals surface area contributed by atoms with Crippen LogP contribution in [-0.2, 0) is 24.2 Å². The molecular weight excluding hydrogens is 268 g/mol. The van der Waals surface area contributed by atoms with Crippen LogP contribution in [0.2, 0.25) is 0 Å². The Morgan fingerprint density at radius 2 is 2.12 bits per heavy atom. The molecule has 0 saturated heterocycles. The molecule has 0 spiro atoms. The highest BCUT2D eigenvalue weighted by Crippen LogP contribution is 2.23. The van der Waals surface area contributed by atoms with Crippen LogP contribution in [0, 0.1) is 0 Å². The van der Waals surface area contributed by atoms with E-state index in [1.807, 2.05) is 11.6 Å². The summed E-state index contributed by atoms with van der Waals surface area (Å²) in [6, 6.07) is 0. The molecule has 4 heteroatoms. The molecule has 0 bridgehead atoms. The van der Waals surface area contributed by atoms with Crippen LogP contribution in [0.1, 0.15) is 32.2 Å². The van der Waals surface area contributed by atoms with Crippen LogP contribution in [0.3, 0.4) is 0 Å². The van der Waals surface area contributed by atoms with Gasteiger partial charge in [-0.3, -0.25) is 9.48 Å². The first-order valence-corrected chi connectivity index (χ1v) is 6.23. The molecule has 0 fully saturated rings. The largest absolute Gasteiger partial charge is 0.294 e. The van der Waals surface area contributed by atoms with E-state index in [2.05, 4.69) is 34.5 Å². The lowest BCUT2D eigenvalue weighted by molar-refractivity contribution is -0.115. The zero-order valence-electron chi connectivity index (χ0n) is 10.0. The fraction of sp³-hybridized carbons (Fsp3) is 0.500. The van der Waals surface area contributed by atoms with E-state index in [-0.39, 0.29) is 5.78 Å². The molecule has 0 aromatic carbocycles. The second-order valence-electron chi connectivity index (χ2n) is 3.76. The zero-order valence-corrected chi connectivity index (χ0v) is 11.6. The third-order valence-electron chi connectivity index (χ3n) is 2.50. The number of carbonyl (C=O) groups is 1. The van der Waals surface area contributed by atoms with Gasteiger partial charge in [-0.05, 0) is 41.8 Å². The minimum atomic E-state index is 0.0675. The molecule has 0 radical (unpaired) electrons. The molecule has 0 amide bonds. The number of nitrogens with zero attached hydrogens (tertiary/aromatic N) is 2. The fourth-order valence-corrected chi connectivity index (χ4v) is 2.19. The van der Waals surface area contributed by atoms with Crippen molar-refractivity contribution in [2.24, 2.45) is 0 Å². The van der Waals surface area contributed by atoms with Crippen molar-refractivity contribution in [2.75, 3.05) is 0 Å². The number of rotatable bonds is 5. The molecule has 3 nitrogen and oxygen atoms in total. The summed E-state index contributed by atoms with van der Waals surface area (Å²) in [4.78, 5) is 11.7. The summed E-state index contributed by atoms with van der Waals surface area (Å²) >= 11 is 3.52. The van der Waals surface area contributed by atoms with Gasteiger partial charge in [0, 0.05) is 6.54 Å². The van der Waals surface area contributed by atoms with E-state index in [0.29, 0.717) is 12.0 Å². The van der Waals surface area contributed by atoms with Gasteiger partial charge in [0.25, 0.3) is 0 Å². The summed E-state index contributed by atoms with van der Waals surface area (Å²) in [5.41, 5.74) is 2.55. The molecule has 16 heavy (non-hydrogen) atoms. The number of hydrogen-bond acceptors (Lipinski definition) is 2. The van der Waals surface area contributed by atoms with Gasteiger partial charge in [0.05, 0.1) is 22.3 Å². The van der Waals surface area contributed by atoms with Crippen LogP contribution < -0.4 is 0 Å². The minimum absolute atomic E-state index is 0.0675. The van der Waals surface area contributed by atoms with Gasteiger partial charge in [-0.2, -0.15) is 5.10 Å². The van der Waals surface area contributed by atoms with Gasteiger partial charge >= 0.3 is 0 Å². The molecule has 1 aromatic rings. The van der Waals surface area contributed by atoms with E-state index in [1.165, 1.54) is 0 Å². The quantitative estimate of drug-likeness (QED) is 0.780. The average molecular weight is 285 g/mol. The van der Waals surface area contributed by atoms with E-state index in [0.717, 1.165) is 28.8 Å². The molecule has 1 aromatic heterocycles. The third-order valence-corrected chi connectivity index (χ3v) is 3.41. The highest BCUT2D eigenvalue weighted by Gasteiger charge is 2.16. The Hall–Kier alpha value is -0.900. The van der Waals surface area contributed by atoms with Gasteiger partial charge in [0.2, 0.25) is 0 Å². The van der Waals surface area contributed by atoms with Gasteiger partial charge in [-0.25, -0.2) is 0 Å². The number of Topliss-reactive ketones (excluding diaryl/α,β-unsaturated/α-hetero) is 1. The molecule has 1 heterocycles. The standard InChI is InChI=1S/C12H17BrN2O/c1-5-9-12(13)10(15(6-2)14-9)7-11(16)8(3)4/h3,5-7H2,1-2,4H3. The third kappa shape index (κ3) is 2.61. The number of hydrogen-bond donors (Lipinski definition) is 0. The van der Waals surface area contributed by atoms with Gasteiger partial charge in [-0.15, -0.1) is 0 Å². The maximum atomic E-state index is 11.7. The molecule has 0 N–H and O–H groups in total. The maximum absolute atomic E-state index is 11.7. The van der Waals surface area contributed by atoms with Crippen LogP contribution in [0.5, 0.6) is 0 Å². The van der Waals surface area contributed by atoms with Crippen LogP contribution in [0.25, 0.3) is 0 Å². The maximum Gasteiger partial charge on any atom is 0.163 e. The molecule has 0 saturated carbocycles. The number of allylic oxidation sites excluding steroid dienone is 1. The van der Waals surface area contributed by atoms with Crippen molar-refractivity contribution in [3.63, 3.8) is 0 Å². The number of aromatic nitrogens is 2. The zero-order chi connectivity index (χ0) is 12.3. The average Bonchev–Trinajstić information content (AvgIpc) is 2.55. The molecular formula is C12H17BrN2O. The normalized spacial score (nSPS) is 10.5. The summed E-state index contributed by atoms with van der Waals surface area (Å²) in [6.07, 6.45) is 1.23. The van der Waals surface area contributed by atoms with E-state index in [9.17, 15) is 4.79 Å². The highest BCUT2D eigenvalue weighted by atomic mass is 79.9. The lowest BCUT2D eigenvalue weighted by atomic mass is 10.1. The van der Waals surface area contributed by atoms with E-state index in [1.54, 1.807) is 6.92 Å². The summed E-state index contributed by atoms with van der Waals surface area (Å²) < 4.78 is 2.84. The van der Waals surface area contributed by atoms with Crippen LogP contribution >= 0.6 is 15.9 Å². The first-order chi connectivity index (χ1) is 7.51. The monoisotopic (exact) mass is 284 g/mol. The van der Waals surface area contributed by atoms with Crippen molar-refractivity contribution < 1.29 is 4.79 Å². The second kappa shape index (κ2) is 5.43. The van der Waals surface area contributed by atoms with Gasteiger partial charge in [-0.1, -0.05) is 13.5 Å². The van der Waals surface area contributed by atoms with Gasteiger partial charge in [0.1, 0.15) is 0 Å². The molecule has 0 aliphatic carbocycles. The molecule has 88 valence electrons. The molecule has 0 aliphatic heterocycles. The first kappa shape index (κ1) is 13.2. The number of halogens is 1. The van der Waals surface area contributed by atoms with Crippen molar-refractivity contribution in [1.29, 1.82) is 0 Å². The Balaban J connectivity index is 3.06. The van der Waals surface area contributed by atoms with Crippen molar-refractivity contribution in [3.05, 3.63) is 28.0 Å². The summed E-state index contributed by atoms with van der Waals surface area (Å²) in [5.74, 6) is 0.0675. The van der Waals surface area contributed by atoms with Crippen molar-refractivity contribution >= 4 is 21.7 Å². The Bertz CT molecular complexity index is 421. The molecule has 1 rings (SSSR count). The lowest BCUT2D eigenvalue weighted by Crippen LogP contribution is -2.10. The Morgan fingerprint density at radius 1 is 1.50 bits per heavy atom. The number of aryl methyl sites for hydroxylation is 2. The number of ketones is 1. The minimum Gasteiger partial charge on any atom is -0.294 e. The van der Waals surface area contributed by atoms with Crippen molar-refractivity contribution in [1.82, 2.24) is 9.78 Å². The summed E-state index contributed by atoms with van der Waals surface area (Å²) in [7, 11) is 0. The van der Waals surface area contributed by atoms with Crippen molar-refractivity contribution in [3.8, 4) is 0 Å². The van der Waals surface area contributed by atoms with E-state index >= 15 is 0 Å². The number of carbonyl (C=O) groups excluding carboxylic acids is 1. The first-order valence-electron chi connectivity index (χ1n) is 5.43. The van der Waals surface area contributed by atoms with E-state index < -0.39 is 0 Å². The SMILES string of the molecule is C=C(C)C(=O)Cc1c(Br)c(CC)nn1CC. The Morgan fingerprint density at radius 3 is 2.56 bits per heavy atom. The smallest absolute Gasteiger partial charge is 0.163 e. The van der Waals surface area contributed by atoms with Crippen LogP contribution in [0.4, 0.5) is 0 Å². The Labute approximate surface area is 105 Å². The Kier molecular flexibility index (Phi) is 4.47. The fourth-order valence-electron chi connectivity index (χ4n) is 1.49. The van der Waals surface area contributed by atoms with E-state index in [4.69, 9.17) is 0 Å². The second-order valence-corrected chi connectivity index (χ2v) is 4.55. The van der Waals surface area contributed by atoms with Crippen molar-refractivity contribution in [2.45, 2.75) is 40.2 Å².